The van der Waals surface area contributed by atoms with Crippen molar-refractivity contribution in [3.63, 3.8) is 0 Å². The normalized spacial score (nSPS) is 26.2. The van der Waals surface area contributed by atoms with Gasteiger partial charge < -0.3 is 0 Å². The number of guanidine groups is 1. The maximum absolute atomic E-state index is 12.7. The molecule has 0 aromatic rings. The number of azo groups is 1. The largest absolute Gasteiger partial charge is 0.282 e. The van der Waals surface area contributed by atoms with Gasteiger partial charge in [-0.3, -0.25) is 48.2 Å². The van der Waals surface area contributed by atoms with Gasteiger partial charge in [0.1, 0.15) is 6.04 Å². The molecular weight excluding hydrogens is 466 g/mol. The average Bonchev–Trinajstić information content (AvgIpc) is 3.60. The van der Waals surface area contributed by atoms with Crippen molar-refractivity contribution in [1.29, 1.82) is 0 Å². The molecule has 0 saturated heterocycles. The second kappa shape index (κ2) is 7.41. The highest BCUT2D eigenvalue weighted by molar-refractivity contribution is 6.24. The molecule has 8 amide bonds. The van der Waals surface area contributed by atoms with Crippen LogP contribution in [0.5, 0.6) is 0 Å². The van der Waals surface area contributed by atoms with Gasteiger partial charge in [-0.2, -0.15) is 4.99 Å². The van der Waals surface area contributed by atoms with Crippen LogP contribution in [0.15, 0.2) is 63.8 Å². The molecule has 0 spiro atoms. The van der Waals surface area contributed by atoms with Gasteiger partial charge in [0.05, 0.1) is 6.54 Å². The van der Waals surface area contributed by atoms with Crippen LogP contribution in [0, 0.1) is 0 Å². The molecule has 2 unspecified atom stereocenters. The minimum atomic E-state index is -2.55. The van der Waals surface area contributed by atoms with Crippen molar-refractivity contribution in [2.45, 2.75) is 11.8 Å². The maximum atomic E-state index is 12.7. The summed E-state index contributed by atoms with van der Waals surface area (Å²) >= 11 is 0. The van der Waals surface area contributed by atoms with Crippen LogP contribution >= 0.6 is 0 Å². The molecule has 5 aliphatic rings. The quantitative estimate of drug-likeness (QED) is 0.390. The van der Waals surface area contributed by atoms with Gasteiger partial charge in [0.25, 0.3) is 59.0 Å². The fourth-order valence-electron chi connectivity index (χ4n) is 3.99. The standard InChI is InChI=1S/C20H11N7O8/c28-11-1-2-12(29)24(11)9-10(25-13(30)3-4-14(25)31)20(27-17(34)7-8-18(27)35)21-19(22-23-20)26-15(32)5-6-16(26)33/h1-8,10H,9H2. The Labute approximate surface area is 194 Å². The first-order chi connectivity index (χ1) is 16.6. The van der Waals surface area contributed by atoms with Crippen molar-refractivity contribution < 1.29 is 38.4 Å². The Kier molecular flexibility index (Phi) is 4.58. The average molecular weight is 477 g/mol. The molecular formula is C20H11N7O8. The highest BCUT2D eigenvalue weighted by Crippen LogP contribution is 2.37. The van der Waals surface area contributed by atoms with E-state index in [-0.39, 0.29) is 0 Å². The summed E-state index contributed by atoms with van der Waals surface area (Å²) in [7, 11) is 0. The number of carbonyl (C=O) groups excluding carboxylic acids is 8. The summed E-state index contributed by atoms with van der Waals surface area (Å²) in [6.45, 7) is -0.739. The molecule has 174 valence electrons. The molecule has 0 aromatic heterocycles. The zero-order chi connectivity index (χ0) is 25.1. The van der Waals surface area contributed by atoms with Crippen LogP contribution in [-0.2, 0) is 38.4 Å². The van der Waals surface area contributed by atoms with E-state index in [1.165, 1.54) is 0 Å². The third-order valence-corrected chi connectivity index (χ3v) is 5.56. The van der Waals surface area contributed by atoms with E-state index in [1.807, 2.05) is 0 Å². The molecule has 0 bridgehead atoms. The van der Waals surface area contributed by atoms with Gasteiger partial charge in [-0.1, -0.05) is 0 Å². The fraction of sp³-hybridized carbons (Fsp3) is 0.150. The molecule has 5 aliphatic heterocycles. The van der Waals surface area contributed by atoms with Crippen LogP contribution < -0.4 is 0 Å². The van der Waals surface area contributed by atoms with E-state index in [0.29, 0.717) is 19.6 Å². The molecule has 0 N–H and O–H groups in total. The van der Waals surface area contributed by atoms with Gasteiger partial charge in [0.2, 0.25) is 0 Å². The number of aliphatic imine (C=N–C) groups is 1. The molecule has 0 saturated carbocycles. The third kappa shape index (κ3) is 3.09. The molecule has 2 atom stereocenters. The minimum absolute atomic E-state index is 0.462. The van der Waals surface area contributed by atoms with E-state index in [2.05, 4.69) is 15.2 Å². The molecule has 5 heterocycles. The van der Waals surface area contributed by atoms with E-state index >= 15 is 0 Å². The molecule has 5 rings (SSSR count). The van der Waals surface area contributed by atoms with E-state index in [0.717, 1.165) is 48.6 Å². The van der Waals surface area contributed by atoms with Crippen molar-refractivity contribution in [3.05, 3.63) is 48.6 Å². The Balaban J connectivity index is 1.68. The first-order valence-corrected chi connectivity index (χ1v) is 9.88. The van der Waals surface area contributed by atoms with Crippen LogP contribution in [0.25, 0.3) is 0 Å². The van der Waals surface area contributed by atoms with Gasteiger partial charge >= 0.3 is 0 Å². The number of rotatable bonds is 5. The smallest absolute Gasteiger partial charge is 0.273 e. The summed E-state index contributed by atoms with van der Waals surface area (Å²) in [5, 5.41) is 7.61. The molecule has 0 aromatic carbocycles. The monoisotopic (exact) mass is 477 g/mol. The van der Waals surface area contributed by atoms with Crippen molar-refractivity contribution in [1.82, 2.24) is 19.6 Å². The Morgan fingerprint density at radius 3 is 1.63 bits per heavy atom. The van der Waals surface area contributed by atoms with E-state index in [9.17, 15) is 38.4 Å². The molecule has 0 aliphatic carbocycles. The number of amides is 8. The van der Waals surface area contributed by atoms with Crippen LogP contribution in [-0.4, -0.2) is 91.2 Å². The first-order valence-electron chi connectivity index (χ1n) is 9.88. The van der Waals surface area contributed by atoms with E-state index in [1.54, 1.807) is 0 Å². The van der Waals surface area contributed by atoms with E-state index < -0.39 is 71.6 Å². The SMILES string of the molecule is O=C1C=CC(=O)N1CC(N1C(=O)C=CC1=O)C1(N2C(=O)C=CC2=O)N=NC(N2C(=O)C=CC2=O)=N1. The number of nitrogens with zero attached hydrogens (tertiary/aromatic N) is 7. The van der Waals surface area contributed by atoms with Crippen molar-refractivity contribution in [2.75, 3.05) is 6.54 Å². The fourth-order valence-corrected chi connectivity index (χ4v) is 3.99. The Hall–Kier alpha value is -5.21. The van der Waals surface area contributed by atoms with Crippen molar-refractivity contribution >= 4 is 53.2 Å². The van der Waals surface area contributed by atoms with Gasteiger partial charge in [-0.25, -0.2) is 9.80 Å². The van der Waals surface area contributed by atoms with Crippen LogP contribution in [0.3, 0.4) is 0 Å². The minimum Gasteiger partial charge on any atom is -0.273 e. The molecule has 0 fully saturated rings. The number of hydrogen-bond acceptors (Lipinski definition) is 11. The van der Waals surface area contributed by atoms with E-state index in [4.69, 9.17) is 0 Å². The van der Waals surface area contributed by atoms with Gasteiger partial charge in [0.15, 0.2) is 0 Å². The van der Waals surface area contributed by atoms with Crippen LogP contribution in [0.1, 0.15) is 0 Å². The summed E-state index contributed by atoms with van der Waals surface area (Å²) < 4.78 is 0. The second-order valence-electron chi connectivity index (χ2n) is 7.51. The van der Waals surface area contributed by atoms with Crippen LogP contribution in [0.2, 0.25) is 0 Å². The van der Waals surface area contributed by atoms with Crippen molar-refractivity contribution in [2.24, 2.45) is 15.2 Å². The van der Waals surface area contributed by atoms with Crippen molar-refractivity contribution in [3.8, 4) is 0 Å². The highest BCUT2D eigenvalue weighted by atomic mass is 16.2. The summed E-state index contributed by atoms with van der Waals surface area (Å²) in [4.78, 5) is 106. The summed E-state index contributed by atoms with van der Waals surface area (Å²) in [5.74, 6) is -10.2. The molecule has 15 heteroatoms. The maximum Gasteiger partial charge on any atom is 0.282 e. The topological polar surface area (TPSA) is 187 Å². The van der Waals surface area contributed by atoms with Gasteiger partial charge in [-0.05, 0) is 0 Å². The Bertz CT molecular complexity index is 1300. The first kappa shape index (κ1) is 21.6. The Morgan fingerprint density at radius 2 is 1.09 bits per heavy atom. The number of imide groups is 4. The number of hydrogen-bond donors (Lipinski definition) is 0. The Morgan fingerprint density at radius 1 is 0.629 bits per heavy atom. The van der Waals surface area contributed by atoms with Gasteiger partial charge in [-0.15, -0.1) is 10.2 Å². The highest BCUT2D eigenvalue weighted by Gasteiger charge is 2.59. The lowest BCUT2D eigenvalue weighted by molar-refractivity contribution is -0.156. The summed E-state index contributed by atoms with van der Waals surface area (Å²) in [5.41, 5.74) is 0. The molecule has 15 nitrogen and oxygen atoms in total. The van der Waals surface area contributed by atoms with Crippen LogP contribution in [0.4, 0.5) is 0 Å². The predicted octanol–water partition coefficient (Wildman–Crippen LogP) is -2.47. The zero-order valence-corrected chi connectivity index (χ0v) is 17.3. The lowest BCUT2D eigenvalue weighted by Gasteiger charge is -2.41. The van der Waals surface area contributed by atoms with Gasteiger partial charge in [0, 0.05) is 48.6 Å². The second-order valence-corrected chi connectivity index (χ2v) is 7.51. The lowest BCUT2D eigenvalue weighted by atomic mass is 10.1. The summed E-state index contributed by atoms with van der Waals surface area (Å²) in [6, 6.07) is -1.76. The summed E-state index contributed by atoms with van der Waals surface area (Å²) in [6.07, 6.45) is 7.29. The predicted molar refractivity (Wildman–Crippen MR) is 108 cm³/mol. The third-order valence-electron chi connectivity index (χ3n) is 5.56. The number of carbonyl (C=O) groups is 8. The lowest BCUT2D eigenvalue weighted by Crippen LogP contribution is -2.66. The zero-order valence-electron chi connectivity index (χ0n) is 17.3. The molecule has 35 heavy (non-hydrogen) atoms. The molecule has 0 radical (unpaired) electrons.